The molecule has 1 fully saturated rings. The lowest BCUT2D eigenvalue weighted by atomic mass is 9.95. The van der Waals surface area contributed by atoms with Crippen molar-refractivity contribution in [2.45, 2.75) is 51.0 Å². The zero-order chi connectivity index (χ0) is 12.3. The number of hydrogen-bond acceptors (Lipinski definition) is 1. The van der Waals surface area contributed by atoms with Crippen LogP contribution in [0.1, 0.15) is 48.8 Å². The van der Waals surface area contributed by atoms with Crippen molar-refractivity contribution in [3.63, 3.8) is 0 Å². The van der Waals surface area contributed by atoms with E-state index in [0.29, 0.717) is 0 Å². The standard InChI is InChI=1S/C15H21ClO/c1-3-11-7-8-12(4-2)13(10-11)15(16)14-6-5-9-17-14/h7-8,10,14-15H,3-6,9H2,1-2H3. The smallest absolute Gasteiger partial charge is 0.0850 e. The van der Waals surface area contributed by atoms with Crippen molar-refractivity contribution in [3.8, 4) is 0 Å². The van der Waals surface area contributed by atoms with E-state index in [2.05, 4.69) is 32.0 Å². The maximum atomic E-state index is 6.60. The van der Waals surface area contributed by atoms with Gasteiger partial charge >= 0.3 is 0 Å². The summed E-state index contributed by atoms with van der Waals surface area (Å²) >= 11 is 6.60. The van der Waals surface area contributed by atoms with Crippen molar-refractivity contribution in [2.24, 2.45) is 0 Å². The van der Waals surface area contributed by atoms with Crippen LogP contribution in [-0.4, -0.2) is 12.7 Å². The van der Waals surface area contributed by atoms with E-state index in [1.165, 1.54) is 16.7 Å². The van der Waals surface area contributed by atoms with E-state index >= 15 is 0 Å². The fourth-order valence-corrected chi connectivity index (χ4v) is 2.88. The van der Waals surface area contributed by atoms with Gasteiger partial charge in [-0.25, -0.2) is 0 Å². The molecule has 1 aromatic carbocycles. The van der Waals surface area contributed by atoms with Gasteiger partial charge in [0.2, 0.25) is 0 Å². The number of ether oxygens (including phenoxy) is 1. The number of rotatable bonds is 4. The minimum absolute atomic E-state index is 0.0129. The summed E-state index contributed by atoms with van der Waals surface area (Å²) in [6.07, 6.45) is 4.53. The molecule has 0 spiro atoms. The first kappa shape index (κ1) is 12.9. The average Bonchev–Trinajstić information content (AvgIpc) is 2.91. The second kappa shape index (κ2) is 5.88. The molecule has 1 aromatic rings. The van der Waals surface area contributed by atoms with Crippen molar-refractivity contribution >= 4 is 11.6 Å². The molecule has 94 valence electrons. The summed E-state index contributed by atoms with van der Waals surface area (Å²) in [7, 11) is 0. The third kappa shape index (κ3) is 2.83. The van der Waals surface area contributed by atoms with Gasteiger partial charge in [0.25, 0.3) is 0 Å². The highest BCUT2D eigenvalue weighted by molar-refractivity contribution is 6.21. The van der Waals surface area contributed by atoms with Crippen molar-refractivity contribution < 1.29 is 4.74 Å². The Morgan fingerprint density at radius 2 is 2.18 bits per heavy atom. The van der Waals surface area contributed by atoms with E-state index in [9.17, 15) is 0 Å². The van der Waals surface area contributed by atoms with Crippen molar-refractivity contribution in [1.29, 1.82) is 0 Å². The second-order valence-electron chi connectivity index (χ2n) is 4.69. The summed E-state index contributed by atoms with van der Waals surface area (Å²) in [4.78, 5) is 0. The minimum atomic E-state index is 0.0129. The van der Waals surface area contributed by atoms with Crippen LogP contribution < -0.4 is 0 Å². The van der Waals surface area contributed by atoms with Gasteiger partial charge in [0.05, 0.1) is 11.5 Å². The summed E-state index contributed by atoms with van der Waals surface area (Å²) in [5.41, 5.74) is 4.00. The lowest BCUT2D eigenvalue weighted by Crippen LogP contribution is -2.14. The highest BCUT2D eigenvalue weighted by atomic mass is 35.5. The average molecular weight is 253 g/mol. The van der Waals surface area contributed by atoms with E-state index < -0.39 is 0 Å². The Morgan fingerprint density at radius 3 is 2.76 bits per heavy atom. The Balaban J connectivity index is 2.27. The molecule has 0 saturated carbocycles. The van der Waals surface area contributed by atoms with E-state index in [1.807, 2.05) is 0 Å². The molecule has 2 unspecified atom stereocenters. The highest BCUT2D eigenvalue weighted by Crippen LogP contribution is 2.34. The molecular formula is C15H21ClO. The summed E-state index contributed by atoms with van der Waals surface area (Å²) in [6.45, 7) is 5.23. The first-order valence-electron chi connectivity index (χ1n) is 6.63. The van der Waals surface area contributed by atoms with E-state index in [4.69, 9.17) is 16.3 Å². The molecule has 0 aliphatic carbocycles. The summed E-state index contributed by atoms with van der Waals surface area (Å²) in [5, 5.41) is 0.0129. The molecule has 0 radical (unpaired) electrons. The molecule has 2 rings (SSSR count). The van der Waals surface area contributed by atoms with Gasteiger partial charge in [0, 0.05) is 6.61 Å². The van der Waals surface area contributed by atoms with Gasteiger partial charge in [-0.2, -0.15) is 0 Å². The van der Waals surface area contributed by atoms with E-state index in [-0.39, 0.29) is 11.5 Å². The Kier molecular flexibility index (Phi) is 4.47. The first-order valence-corrected chi connectivity index (χ1v) is 7.07. The molecule has 0 amide bonds. The van der Waals surface area contributed by atoms with Crippen LogP contribution in [0, 0.1) is 0 Å². The van der Waals surface area contributed by atoms with Crippen molar-refractivity contribution in [2.75, 3.05) is 6.61 Å². The number of alkyl halides is 1. The molecule has 0 N–H and O–H groups in total. The van der Waals surface area contributed by atoms with Gasteiger partial charge in [0.15, 0.2) is 0 Å². The molecule has 2 heteroatoms. The van der Waals surface area contributed by atoms with Crippen molar-refractivity contribution in [3.05, 3.63) is 34.9 Å². The molecule has 1 saturated heterocycles. The third-order valence-corrected chi connectivity index (χ3v) is 4.10. The van der Waals surface area contributed by atoms with Crippen LogP contribution in [0.4, 0.5) is 0 Å². The summed E-state index contributed by atoms with van der Waals surface area (Å²) in [5.74, 6) is 0. The summed E-state index contributed by atoms with van der Waals surface area (Å²) < 4.78 is 5.71. The number of benzene rings is 1. The molecule has 0 bridgehead atoms. The number of aryl methyl sites for hydroxylation is 2. The maximum Gasteiger partial charge on any atom is 0.0850 e. The molecule has 1 aliphatic heterocycles. The zero-order valence-corrected chi connectivity index (χ0v) is 11.5. The van der Waals surface area contributed by atoms with E-state index in [1.54, 1.807) is 0 Å². The van der Waals surface area contributed by atoms with Crippen LogP contribution in [-0.2, 0) is 17.6 Å². The zero-order valence-electron chi connectivity index (χ0n) is 10.7. The SMILES string of the molecule is CCc1ccc(CC)c(C(Cl)C2CCCO2)c1. The van der Waals surface area contributed by atoms with Crippen LogP contribution in [0.25, 0.3) is 0 Å². The largest absolute Gasteiger partial charge is 0.376 e. The molecule has 0 aromatic heterocycles. The molecule has 17 heavy (non-hydrogen) atoms. The third-order valence-electron chi connectivity index (χ3n) is 3.59. The number of hydrogen-bond donors (Lipinski definition) is 0. The highest BCUT2D eigenvalue weighted by Gasteiger charge is 2.26. The van der Waals surface area contributed by atoms with Gasteiger partial charge in [-0.3, -0.25) is 0 Å². The fourth-order valence-electron chi connectivity index (χ4n) is 2.48. The minimum Gasteiger partial charge on any atom is -0.376 e. The molecular weight excluding hydrogens is 232 g/mol. The van der Waals surface area contributed by atoms with Gasteiger partial charge in [-0.05, 0) is 42.4 Å². The Labute approximate surface area is 109 Å². The normalized spacial score (nSPS) is 21.7. The molecule has 2 atom stereocenters. The molecule has 1 heterocycles. The predicted octanol–water partition coefficient (Wildman–Crippen LogP) is 4.27. The van der Waals surface area contributed by atoms with Gasteiger partial charge < -0.3 is 4.74 Å². The van der Waals surface area contributed by atoms with Gasteiger partial charge in [-0.15, -0.1) is 11.6 Å². The second-order valence-corrected chi connectivity index (χ2v) is 5.16. The molecule has 1 aliphatic rings. The monoisotopic (exact) mass is 252 g/mol. The quantitative estimate of drug-likeness (QED) is 0.728. The lowest BCUT2D eigenvalue weighted by molar-refractivity contribution is 0.107. The Bertz CT molecular complexity index is 369. The van der Waals surface area contributed by atoms with Gasteiger partial charge in [0.1, 0.15) is 0 Å². The fraction of sp³-hybridized carbons (Fsp3) is 0.600. The van der Waals surface area contributed by atoms with Crippen molar-refractivity contribution in [1.82, 2.24) is 0 Å². The van der Waals surface area contributed by atoms with E-state index in [0.717, 1.165) is 32.3 Å². The van der Waals surface area contributed by atoms with Crippen LogP contribution in [0.15, 0.2) is 18.2 Å². The maximum absolute atomic E-state index is 6.60. The Hall–Kier alpha value is -0.530. The van der Waals surface area contributed by atoms with Crippen LogP contribution in [0.2, 0.25) is 0 Å². The van der Waals surface area contributed by atoms with Crippen LogP contribution in [0.5, 0.6) is 0 Å². The van der Waals surface area contributed by atoms with Gasteiger partial charge in [-0.1, -0.05) is 32.0 Å². The predicted molar refractivity (Wildman–Crippen MR) is 72.8 cm³/mol. The Morgan fingerprint density at radius 1 is 1.35 bits per heavy atom. The molecule has 1 nitrogen and oxygen atoms in total. The first-order chi connectivity index (χ1) is 8.26. The number of halogens is 1. The van der Waals surface area contributed by atoms with Crippen LogP contribution >= 0.6 is 11.6 Å². The van der Waals surface area contributed by atoms with Crippen LogP contribution in [0.3, 0.4) is 0 Å². The lowest BCUT2D eigenvalue weighted by Gasteiger charge is -2.20. The topological polar surface area (TPSA) is 9.23 Å². The summed E-state index contributed by atoms with van der Waals surface area (Å²) in [6, 6.07) is 6.69.